The van der Waals surface area contributed by atoms with Crippen molar-refractivity contribution in [2.75, 3.05) is 13.1 Å². The summed E-state index contributed by atoms with van der Waals surface area (Å²) in [7, 11) is 2.07. The molecule has 1 aliphatic heterocycles. The Kier molecular flexibility index (Phi) is 4.03. The molecule has 0 saturated carbocycles. The van der Waals surface area contributed by atoms with E-state index in [0.717, 1.165) is 25.2 Å². The Balaban J connectivity index is 1.69. The molecule has 0 amide bonds. The molecular formula is C17H20N4. The van der Waals surface area contributed by atoms with Crippen molar-refractivity contribution in [3.63, 3.8) is 0 Å². The zero-order chi connectivity index (χ0) is 14.7. The zero-order valence-electron chi connectivity index (χ0n) is 12.4. The number of imidazole rings is 1. The molecule has 2 aromatic rings. The summed E-state index contributed by atoms with van der Waals surface area (Å²) in [6, 6.07) is 10.1. The van der Waals surface area contributed by atoms with Crippen molar-refractivity contribution in [3.8, 4) is 6.07 Å². The third-order valence-electron chi connectivity index (χ3n) is 4.19. The van der Waals surface area contributed by atoms with Gasteiger partial charge >= 0.3 is 0 Å². The van der Waals surface area contributed by atoms with E-state index >= 15 is 0 Å². The number of piperidine rings is 1. The van der Waals surface area contributed by atoms with Crippen LogP contribution in [-0.4, -0.2) is 27.5 Å². The van der Waals surface area contributed by atoms with Gasteiger partial charge in [0.15, 0.2) is 0 Å². The van der Waals surface area contributed by atoms with Gasteiger partial charge in [0.05, 0.1) is 11.6 Å². The number of aryl methyl sites for hydroxylation is 1. The molecule has 1 saturated heterocycles. The molecule has 0 radical (unpaired) electrons. The molecule has 21 heavy (non-hydrogen) atoms. The lowest BCUT2D eigenvalue weighted by Crippen LogP contribution is -2.34. The SMILES string of the molecule is Cn1ccnc1C1CCCN(Cc2cccc(C#N)c2)C1. The molecule has 1 aromatic heterocycles. The average molecular weight is 280 g/mol. The summed E-state index contributed by atoms with van der Waals surface area (Å²) in [6.45, 7) is 3.08. The number of hydrogen-bond donors (Lipinski definition) is 0. The van der Waals surface area contributed by atoms with Crippen LogP contribution < -0.4 is 0 Å². The predicted octanol–water partition coefficient (Wildman–Crippen LogP) is 2.67. The monoisotopic (exact) mass is 280 g/mol. The average Bonchev–Trinajstić information content (AvgIpc) is 2.94. The number of nitriles is 1. The third kappa shape index (κ3) is 3.14. The second-order valence-corrected chi connectivity index (χ2v) is 5.78. The Morgan fingerprint density at radius 1 is 1.43 bits per heavy atom. The van der Waals surface area contributed by atoms with Crippen LogP contribution in [0.4, 0.5) is 0 Å². The Bertz CT molecular complexity index is 653. The summed E-state index contributed by atoms with van der Waals surface area (Å²) in [5.41, 5.74) is 1.96. The van der Waals surface area contributed by atoms with Crippen molar-refractivity contribution in [3.05, 3.63) is 53.6 Å². The van der Waals surface area contributed by atoms with Crippen LogP contribution in [0.15, 0.2) is 36.7 Å². The predicted molar refractivity (Wildman–Crippen MR) is 81.6 cm³/mol. The summed E-state index contributed by atoms with van der Waals surface area (Å²) in [4.78, 5) is 6.97. The fraction of sp³-hybridized carbons (Fsp3) is 0.412. The van der Waals surface area contributed by atoms with Crippen LogP contribution in [0, 0.1) is 11.3 Å². The van der Waals surface area contributed by atoms with Crippen LogP contribution in [0.25, 0.3) is 0 Å². The van der Waals surface area contributed by atoms with Crippen molar-refractivity contribution in [2.45, 2.75) is 25.3 Å². The van der Waals surface area contributed by atoms with Crippen molar-refractivity contribution in [1.29, 1.82) is 5.26 Å². The molecule has 0 spiro atoms. The minimum Gasteiger partial charge on any atom is -0.338 e. The van der Waals surface area contributed by atoms with E-state index in [2.05, 4.69) is 33.6 Å². The first-order valence-electron chi connectivity index (χ1n) is 7.45. The molecule has 0 N–H and O–H groups in total. The van der Waals surface area contributed by atoms with Crippen LogP contribution in [0.1, 0.15) is 35.7 Å². The lowest BCUT2D eigenvalue weighted by atomic mass is 9.96. The second kappa shape index (κ2) is 6.11. The van der Waals surface area contributed by atoms with Crippen LogP contribution in [0.2, 0.25) is 0 Å². The summed E-state index contributed by atoms with van der Waals surface area (Å²) in [6.07, 6.45) is 6.31. The highest BCUT2D eigenvalue weighted by atomic mass is 15.1. The Hall–Kier alpha value is -2.12. The van der Waals surface area contributed by atoms with Gasteiger partial charge in [0.1, 0.15) is 5.82 Å². The molecule has 1 unspecified atom stereocenters. The van der Waals surface area contributed by atoms with E-state index in [4.69, 9.17) is 5.26 Å². The minimum absolute atomic E-state index is 0.512. The summed E-state index contributed by atoms with van der Waals surface area (Å²) in [5.74, 6) is 1.70. The number of hydrogen-bond acceptors (Lipinski definition) is 3. The first kappa shape index (κ1) is 13.8. The maximum atomic E-state index is 8.99. The van der Waals surface area contributed by atoms with Gasteiger partial charge in [-0.15, -0.1) is 0 Å². The van der Waals surface area contributed by atoms with Gasteiger partial charge in [-0.2, -0.15) is 5.26 Å². The molecule has 1 fully saturated rings. The Labute approximate surface area is 125 Å². The second-order valence-electron chi connectivity index (χ2n) is 5.78. The van der Waals surface area contributed by atoms with Gasteiger partial charge in [-0.25, -0.2) is 4.98 Å². The number of aromatic nitrogens is 2. The largest absolute Gasteiger partial charge is 0.338 e. The van der Waals surface area contributed by atoms with E-state index in [1.807, 2.05) is 30.6 Å². The van der Waals surface area contributed by atoms with Crippen LogP contribution >= 0.6 is 0 Å². The van der Waals surface area contributed by atoms with Gasteiger partial charge in [0, 0.05) is 38.4 Å². The van der Waals surface area contributed by atoms with E-state index in [0.29, 0.717) is 5.92 Å². The van der Waals surface area contributed by atoms with Crippen molar-refractivity contribution < 1.29 is 0 Å². The minimum atomic E-state index is 0.512. The van der Waals surface area contributed by atoms with Crippen molar-refractivity contribution in [1.82, 2.24) is 14.5 Å². The van der Waals surface area contributed by atoms with Gasteiger partial charge in [0.25, 0.3) is 0 Å². The molecule has 1 aliphatic rings. The molecule has 0 bridgehead atoms. The van der Waals surface area contributed by atoms with Gasteiger partial charge in [-0.1, -0.05) is 12.1 Å². The van der Waals surface area contributed by atoms with Crippen molar-refractivity contribution in [2.24, 2.45) is 7.05 Å². The first-order chi connectivity index (χ1) is 10.3. The molecule has 1 atom stereocenters. The molecular weight excluding hydrogens is 260 g/mol. The van der Waals surface area contributed by atoms with Gasteiger partial charge in [-0.3, -0.25) is 4.90 Å². The van der Waals surface area contributed by atoms with Gasteiger partial charge in [0.2, 0.25) is 0 Å². The number of rotatable bonds is 3. The molecule has 1 aromatic carbocycles. The topological polar surface area (TPSA) is 44.9 Å². The van der Waals surface area contributed by atoms with E-state index < -0.39 is 0 Å². The normalized spacial score (nSPS) is 19.3. The van der Waals surface area contributed by atoms with E-state index in [-0.39, 0.29) is 0 Å². The molecule has 4 nitrogen and oxygen atoms in total. The fourth-order valence-corrected chi connectivity index (χ4v) is 3.18. The van der Waals surface area contributed by atoms with Crippen LogP contribution in [0.3, 0.4) is 0 Å². The molecule has 2 heterocycles. The molecule has 3 rings (SSSR count). The van der Waals surface area contributed by atoms with E-state index in [9.17, 15) is 0 Å². The van der Waals surface area contributed by atoms with Gasteiger partial charge < -0.3 is 4.57 Å². The quantitative estimate of drug-likeness (QED) is 0.868. The number of likely N-dealkylation sites (tertiary alicyclic amines) is 1. The van der Waals surface area contributed by atoms with E-state index in [1.165, 1.54) is 24.2 Å². The zero-order valence-corrected chi connectivity index (χ0v) is 12.4. The Morgan fingerprint density at radius 3 is 3.10 bits per heavy atom. The summed E-state index contributed by atoms with van der Waals surface area (Å²) < 4.78 is 2.13. The highest BCUT2D eigenvalue weighted by Crippen LogP contribution is 2.26. The van der Waals surface area contributed by atoms with Crippen LogP contribution in [0.5, 0.6) is 0 Å². The lowest BCUT2D eigenvalue weighted by Gasteiger charge is -2.32. The highest BCUT2D eigenvalue weighted by molar-refractivity contribution is 5.32. The number of benzene rings is 1. The third-order valence-corrected chi connectivity index (χ3v) is 4.19. The highest BCUT2D eigenvalue weighted by Gasteiger charge is 2.23. The standard InChI is InChI=1S/C17H20N4/c1-20-9-7-19-17(20)16-6-3-8-21(13-16)12-15-5-2-4-14(10-15)11-18/h2,4-5,7,9-10,16H,3,6,8,12-13H2,1H3. The molecule has 108 valence electrons. The van der Waals surface area contributed by atoms with E-state index in [1.54, 1.807) is 0 Å². The maximum Gasteiger partial charge on any atom is 0.112 e. The smallest absolute Gasteiger partial charge is 0.112 e. The summed E-state index contributed by atoms with van der Waals surface area (Å²) >= 11 is 0. The summed E-state index contributed by atoms with van der Waals surface area (Å²) in [5, 5.41) is 8.99. The van der Waals surface area contributed by atoms with Gasteiger partial charge in [-0.05, 0) is 37.1 Å². The first-order valence-corrected chi connectivity index (χ1v) is 7.45. The number of nitrogens with zero attached hydrogens (tertiary/aromatic N) is 4. The van der Waals surface area contributed by atoms with Crippen molar-refractivity contribution >= 4 is 0 Å². The molecule has 0 aliphatic carbocycles. The Morgan fingerprint density at radius 2 is 2.33 bits per heavy atom. The fourth-order valence-electron chi connectivity index (χ4n) is 3.18. The lowest BCUT2D eigenvalue weighted by molar-refractivity contribution is 0.195. The maximum absolute atomic E-state index is 8.99. The molecule has 4 heteroatoms. The van der Waals surface area contributed by atoms with Crippen LogP contribution in [-0.2, 0) is 13.6 Å².